The van der Waals surface area contributed by atoms with Crippen molar-refractivity contribution in [2.45, 2.75) is 64.7 Å². The number of amides is 3. The number of para-hydroxylation sites is 1. The molecule has 1 aliphatic heterocycles. The summed E-state index contributed by atoms with van der Waals surface area (Å²) >= 11 is 0. The number of benzene rings is 1. The minimum absolute atomic E-state index is 0.0406. The van der Waals surface area contributed by atoms with Crippen LogP contribution < -0.4 is 15.8 Å². The van der Waals surface area contributed by atoms with Gasteiger partial charge in [-0.1, -0.05) is 32.9 Å². The molecule has 10 nitrogen and oxygen atoms in total. The monoisotopic (exact) mass is 457 g/mol. The molecule has 3 amide bonds. The van der Waals surface area contributed by atoms with Crippen LogP contribution in [-0.2, 0) is 16.1 Å². The number of hydrogen-bond donors (Lipinski definition) is 3. The average molecular weight is 458 g/mol. The summed E-state index contributed by atoms with van der Waals surface area (Å²) in [4.78, 5) is 39.3. The molecule has 178 valence electrons. The van der Waals surface area contributed by atoms with Crippen molar-refractivity contribution in [2.75, 3.05) is 6.61 Å². The lowest BCUT2D eigenvalue weighted by molar-refractivity contribution is -0.140. The van der Waals surface area contributed by atoms with Crippen LogP contribution in [0.2, 0.25) is 0 Å². The Morgan fingerprint density at radius 1 is 1.27 bits per heavy atom. The van der Waals surface area contributed by atoms with Gasteiger partial charge in [-0.05, 0) is 42.7 Å². The summed E-state index contributed by atoms with van der Waals surface area (Å²) < 4.78 is 6.46. The van der Waals surface area contributed by atoms with Crippen LogP contribution in [0.3, 0.4) is 0 Å². The lowest BCUT2D eigenvalue weighted by Gasteiger charge is -2.30. The minimum Gasteiger partial charge on any atom is -0.394 e. The number of carbonyl (C=O) groups is 3. The number of nitrogens with two attached hydrogens (primary N) is 1. The van der Waals surface area contributed by atoms with Crippen molar-refractivity contribution in [2.24, 2.45) is 17.1 Å². The second-order valence-electron chi connectivity index (χ2n) is 10.2. The third-order valence-electron chi connectivity index (χ3n) is 6.23. The van der Waals surface area contributed by atoms with Crippen molar-refractivity contribution >= 4 is 28.8 Å². The fourth-order valence-corrected chi connectivity index (χ4v) is 4.84. The van der Waals surface area contributed by atoms with Crippen LogP contribution in [-0.4, -0.2) is 62.4 Å². The molecule has 2 aromatic rings. The van der Waals surface area contributed by atoms with Gasteiger partial charge in [0, 0.05) is 6.04 Å². The number of carbonyl (C=O) groups excluding carboxylic acids is 3. The van der Waals surface area contributed by atoms with Gasteiger partial charge in [-0.25, -0.2) is 4.79 Å². The van der Waals surface area contributed by atoms with E-state index in [1.165, 1.54) is 4.68 Å². The number of piperidine rings is 1. The zero-order valence-corrected chi connectivity index (χ0v) is 19.2. The second kappa shape index (κ2) is 8.66. The number of likely N-dealkylation sites (tertiary alicyclic amines) is 1. The molecule has 2 aliphatic rings. The van der Waals surface area contributed by atoms with Gasteiger partial charge >= 0.3 is 6.09 Å². The summed E-state index contributed by atoms with van der Waals surface area (Å²) in [5.41, 5.74) is 5.71. The van der Waals surface area contributed by atoms with E-state index in [-0.39, 0.29) is 48.3 Å². The number of nitrogens with one attached hydrogen (secondary N) is 1. The first kappa shape index (κ1) is 23.0. The Morgan fingerprint density at radius 2 is 2.00 bits per heavy atom. The van der Waals surface area contributed by atoms with Gasteiger partial charge in [0.05, 0.1) is 23.6 Å². The smallest absolute Gasteiger partial charge is 0.394 e. The van der Waals surface area contributed by atoms with E-state index in [1.54, 1.807) is 29.2 Å². The summed E-state index contributed by atoms with van der Waals surface area (Å²) in [7, 11) is 0. The van der Waals surface area contributed by atoms with Gasteiger partial charge in [0.25, 0.3) is 5.88 Å². The molecule has 1 aromatic heterocycles. The molecule has 33 heavy (non-hydrogen) atoms. The Morgan fingerprint density at radius 3 is 2.67 bits per heavy atom. The Kier molecular flexibility index (Phi) is 6.04. The molecule has 1 aromatic carbocycles. The molecule has 10 heteroatoms. The quantitative estimate of drug-likeness (QED) is 0.574. The molecule has 1 saturated carbocycles. The third-order valence-corrected chi connectivity index (χ3v) is 6.23. The fraction of sp³-hybridized carbons (Fsp3) is 0.565. The number of aliphatic hydroxyl groups excluding tert-OH is 1. The number of hydrogen-bond acceptors (Lipinski definition) is 6. The molecule has 0 unspecified atom stereocenters. The van der Waals surface area contributed by atoms with Crippen molar-refractivity contribution in [1.82, 2.24) is 20.0 Å². The second-order valence-corrected chi connectivity index (χ2v) is 10.2. The van der Waals surface area contributed by atoms with E-state index in [1.807, 2.05) is 20.8 Å². The molecule has 0 radical (unpaired) electrons. The van der Waals surface area contributed by atoms with Gasteiger partial charge in [0.1, 0.15) is 12.6 Å². The van der Waals surface area contributed by atoms with Crippen LogP contribution in [0.5, 0.6) is 5.88 Å². The predicted molar refractivity (Wildman–Crippen MR) is 120 cm³/mol. The number of aromatic nitrogens is 2. The van der Waals surface area contributed by atoms with Crippen LogP contribution in [0, 0.1) is 11.3 Å². The highest BCUT2D eigenvalue weighted by Gasteiger charge is 2.56. The Labute approximate surface area is 192 Å². The van der Waals surface area contributed by atoms with Crippen molar-refractivity contribution < 1.29 is 24.2 Å². The molecular weight excluding hydrogens is 426 g/mol. The number of fused-ring (bicyclic) bond motifs is 2. The van der Waals surface area contributed by atoms with Crippen molar-refractivity contribution in [3.63, 3.8) is 0 Å². The lowest BCUT2D eigenvalue weighted by atomic mass is 9.88. The van der Waals surface area contributed by atoms with E-state index >= 15 is 0 Å². The Hall–Kier alpha value is -3.14. The number of rotatable bonds is 7. The topological polar surface area (TPSA) is 140 Å². The van der Waals surface area contributed by atoms with E-state index in [0.29, 0.717) is 29.7 Å². The molecule has 4 atom stereocenters. The first-order chi connectivity index (χ1) is 15.6. The zero-order valence-electron chi connectivity index (χ0n) is 19.2. The van der Waals surface area contributed by atoms with Gasteiger partial charge in [-0.15, -0.1) is 5.10 Å². The summed E-state index contributed by atoms with van der Waals surface area (Å²) in [5, 5.41) is 17.5. The summed E-state index contributed by atoms with van der Waals surface area (Å²) in [6.07, 6.45) is 1.15. The first-order valence-corrected chi connectivity index (χ1v) is 11.2. The maximum Gasteiger partial charge on any atom is 0.411 e. The molecule has 1 aliphatic carbocycles. The number of ether oxygens (including phenoxy) is 1. The Bertz CT molecular complexity index is 1070. The largest absolute Gasteiger partial charge is 0.411 e. The predicted octanol–water partition coefficient (Wildman–Crippen LogP) is 1.40. The van der Waals surface area contributed by atoms with E-state index < -0.39 is 12.1 Å². The summed E-state index contributed by atoms with van der Waals surface area (Å²) in [6, 6.07) is 6.19. The highest BCUT2D eigenvalue weighted by Crippen LogP contribution is 2.48. The van der Waals surface area contributed by atoms with Crippen molar-refractivity contribution in [3.05, 3.63) is 24.3 Å². The lowest BCUT2D eigenvalue weighted by Crippen LogP contribution is -2.52. The van der Waals surface area contributed by atoms with Gasteiger partial charge in [0.2, 0.25) is 11.8 Å². The van der Waals surface area contributed by atoms with Gasteiger partial charge in [-0.3, -0.25) is 14.3 Å². The number of nitrogens with zero attached hydrogens (tertiary/aromatic N) is 3. The number of aliphatic hydroxyl groups is 1. The highest BCUT2D eigenvalue weighted by atomic mass is 16.6. The van der Waals surface area contributed by atoms with E-state index in [0.717, 1.165) is 6.42 Å². The molecule has 0 spiro atoms. The molecule has 1 saturated heterocycles. The first-order valence-electron chi connectivity index (χ1n) is 11.2. The third kappa shape index (κ3) is 4.95. The highest BCUT2D eigenvalue weighted by molar-refractivity contribution is 5.91. The standard InChI is InChI=1S/C23H31N5O5/c1-23(2,3)10-14(12-29)25-20(31)18-9-13-8-17(13)28(18)19(30)11-27-16-7-5-4-6-15(16)21(26-27)33-22(24)32/h4-7,13-14,17-18,29H,8-12H2,1-3H3,(H2,24,32)(H,25,31)/t13-,14-,17-,18+/m1/s1. The molecule has 2 heterocycles. The van der Waals surface area contributed by atoms with Gasteiger partial charge in [-0.2, -0.15) is 0 Å². The van der Waals surface area contributed by atoms with Gasteiger partial charge < -0.3 is 25.8 Å². The molecule has 4 rings (SSSR count). The van der Waals surface area contributed by atoms with E-state index in [9.17, 15) is 19.5 Å². The number of primary amides is 1. The minimum atomic E-state index is -0.984. The maximum absolute atomic E-state index is 13.3. The maximum atomic E-state index is 13.3. The summed E-state index contributed by atoms with van der Waals surface area (Å²) in [5.74, 6) is -0.0979. The molecule has 2 fully saturated rings. The fourth-order valence-electron chi connectivity index (χ4n) is 4.84. The van der Waals surface area contributed by atoms with Crippen molar-refractivity contribution in [3.8, 4) is 5.88 Å². The van der Waals surface area contributed by atoms with E-state index in [4.69, 9.17) is 10.5 Å². The average Bonchev–Trinajstić information content (AvgIpc) is 3.26. The molecular formula is C23H31N5O5. The van der Waals surface area contributed by atoms with Crippen molar-refractivity contribution in [1.29, 1.82) is 0 Å². The van der Waals surface area contributed by atoms with Crippen LogP contribution in [0.15, 0.2) is 24.3 Å². The van der Waals surface area contributed by atoms with Crippen LogP contribution >= 0.6 is 0 Å². The molecule has 4 N–H and O–H groups in total. The SMILES string of the molecule is CC(C)(C)C[C@H](CO)NC(=O)[C@@H]1C[C@H]2C[C@H]2N1C(=O)Cn1nc(OC(N)=O)c2ccccc21. The normalized spacial score (nSPS) is 22.7. The van der Waals surface area contributed by atoms with Gasteiger partial charge in [0.15, 0.2) is 0 Å². The van der Waals surface area contributed by atoms with Crippen LogP contribution in [0.25, 0.3) is 10.9 Å². The molecule has 0 bridgehead atoms. The zero-order chi connectivity index (χ0) is 23.9. The van der Waals surface area contributed by atoms with Crippen LogP contribution in [0.1, 0.15) is 40.0 Å². The van der Waals surface area contributed by atoms with Crippen LogP contribution in [0.4, 0.5) is 4.79 Å². The van der Waals surface area contributed by atoms with E-state index in [2.05, 4.69) is 10.4 Å². The Balaban J connectivity index is 1.51. The summed E-state index contributed by atoms with van der Waals surface area (Å²) in [6.45, 7) is 5.90.